The Morgan fingerprint density at radius 3 is 2.38 bits per heavy atom. The summed E-state index contributed by atoms with van der Waals surface area (Å²) in [6.07, 6.45) is 0. The quantitative estimate of drug-likeness (QED) is 0.766. The van der Waals surface area contributed by atoms with Crippen LogP contribution < -0.4 is 0 Å². The summed E-state index contributed by atoms with van der Waals surface area (Å²) in [5.41, 5.74) is 2.06. The molecule has 0 saturated heterocycles. The molecule has 0 radical (unpaired) electrons. The van der Waals surface area contributed by atoms with E-state index in [0.29, 0.717) is 4.47 Å². The minimum atomic E-state index is 0. The molecule has 0 saturated carbocycles. The summed E-state index contributed by atoms with van der Waals surface area (Å²) >= 11 is 7.17. The van der Waals surface area contributed by atoms with Gasteiger partial charge in [-0.05, 0) is 0 Å². The molecule has 2 aromatic rings. The zero-order valence-corrected chi connectivity index (χ0v) is 9.89. The van der Waals surface area contributed by atoms with Gasteiger partial charge >= 0.3 is 0 Å². The Bertz CT molecular complexity index is 374. The molecule has 13 heavy (non-hydrogen) atoms. The van der Waals surface area contributed by atoms with Crippen LogP contribution in [0.15, 0.2) is 35.7 Å². The first-order valence-electron chi connectivity index (χ1n) is 3.53. The van der Waals surface area contributed by atoms with Gasteiger partial charge in [-0.2, -0.15) is 0 Å². The van der Waals surface area contributed by atoms with Crippen LogP contribution in [0.5, 0.6) is 0 Å². The van der Waals surface area contributed by atoms with Crippen LogP contribution >= 0.6 is 39.9 Å². The molecule has 1 heterocycles. The first-order valence-corrected chi connectivity index (χ1v) is 4.78. The smallest absolute Gasteiger partial charge is 0.184 e. The Balaban J connectivity index is 0.000000845. The van der Waals surface area contributed by atoms with Crippen molar-refractivity contribution in [1.82, 2.24) is 4.98 Å². The predicted molar refractivity (Wildman–Crippen MR) is 62.9 cm³/mol. The minimum absolute atomic E-state index is 0. The van der Waals surface area contributed by atoms with Gasteiger partial charge in [-0.1, -0.05) is 41.9 Å². The molecule has 0 aliphatic rings. The fourth-order valence-corrected chi connectivity index (χ4v) is 1.77. The maximum atomic E-state index is 5.72. The molecule has 0 unspecified atom stereocenters. The lowest BCUT2D eigenvalue weighted by Crippen LogP contribution is -1.74. The highest BCUT2D eigenvalue weighted by Gasteiger charge is 2.00. The van der Waals surface area contributed by atoms with E-state index in [9.17, 15) is 0 Å². The van der Waals surface area contributed by atoms with Crippen molar-refractivity contribution >= 4 is 39.9 Å². The number of halogens is 2. The summed E-state index contributed by atoms with van der Waals surface area (Å²) in [4.78, 5) is 4.16. The van der Waals surface area contributed by atoms with Crippen molar-refractivity contribution in [3.63, 3.8) is 0 Å². The molecule has 1 nitrogen and oxygen atoms in total. The molecular formula is C9H7BrClNS. The third kappa shape index (κ3) is 2.53. The topological polar surface area (TPSA) is 12.9 Å². The van der Waals surface area contributed by atoms with E-state index in [-0.39, 0.29) is 17.0 Å². The van der Waals surface area contributed by atoms with Crippen LogP contribution in [0.1, 0.15) is 0 Å². The molecule has 2 rings (SSSR count). The molecule has 0 fully saturated rings. The van der Waals surface area contributed by atoms with Crippen molar-refractivity contribution in [1.29, 1.82) is 0 Å². The van der Waals surface area contributed by atoms with Crippen molar-refractivity contribution in [2.45, 2.75) is 0 Å². The summed E-state index contributed by atoms with van der Waals surface area (Å²) in [6, 6.07) is 10.00. The highest BCUT2D eigenvalue weighted by Crippen LogP contribution is 2.23. The first-order chi connectivity index (χ1) is 5.86. The van der Waals surface area contributed by atoms with Gasteiger partial charge in [0.1, 0.15) is 0 Å². The minimum Gasteiger partial charge on any atom is -0.225 e. The highest BCUT2D eigenvalue weighted by molar-refractivity contribution is 8.93. The molecule has 0 amide bonds. The van der Waals surface area contributed by atoms with E-state index in [4.69, 9.17) is 11.6 Å². The Hall–Kier alpha value is -0.380. The lowest BCUT2D eigenvalue weighted by Gasteiger charge is -1.92. The van der Waals surface area contributed by atoms with Gasteiger partial charge in [-0.25, -0.2) is 4.98 Å². The third-order valence-corrected chi connectivity index (χ3v) is 2.52. The molecule has 0 aliphatic carbocycles. The fourth-order valence-electron chi connectivity index (χ4n) is 0.993. The molecule has 0 atom stereocenters. The van der Waals surface area contributed by atoms with Gasteiger partial charge in [0.15, 0.2) is 4.47 Å². The number of hydrogen-bond acceptors (Lipinski definition) is 2. The predicted octanol–water partition coefficient (Wildman–Crippen LogP) is 4.04. The maximum Gasteiger partial charge on any atom is 0.184 e. The van der Waals surface area contributed by atoms with E-state index in [1.165, 1.54) is 11.3 Å². The van der Waals surface area contributed by atoms with Crippen molar-refractivity contribution in [2.75, 3.05) is 0 Å². The van der Waals surface area contributed by atoms with Crippen molar-refractivity contribution < 1.29 is 0 Å². The average Bonchev–Trinajstić information content (AvgIpc) is 2.54. The largest absolute Gasteiger partial charge is 0.225 e. The number of nitrogens with zero attached hydrogens (tertiary/aromatic N) is 1. The number of aromatic nitrogens is 1. The standard InChI is InChI=1S/C9H6ClNS.BrH/c10-9-11-8(6-12-9)7-4-2-1-3-5-7;/h1-6H;1H. The molecule has 0 spiro atoms. The van der Waals surface area contributed by atoms with Gasteiger partial charge in [0.25, 0.3) is 0 Å². The van der Waals surface area contributed by atoms with Crippen molar-refractivity contribution in [3.8, 4) is 11.3 Å². The summed E-state index contributed by atoms with van der Waals surface area (Å²) in [5.74, 6) is 0. The number of benzene rings is 1. The zero-order valence-electron chi connectivity index (χ0n) is 6.61. The molecule has 0 bridgehead atoms. The van der Waals surface area contributed by atoms with Crippen molar-refractivity contribution in [2.24, 2.45) is 0 Å². The van der Waals surface area contributed by atoms with Gasteiger partial charge in [0, 0.05) is 10.9 Å². The SMILES string of the molecule is Br.Clc1nc(-c2ccccc2)cs1. The molecular weight excluding hydrogens is 270 g/mol. The van der Waals surface area contributed by atoms with E-state index < -0.39 is 0 Å². The van der Waals surface area contributed by atoms with E-state index in [1.807, 2.05) is 35.7 Å². The Morgan fingerprint density at radius 2 is 1.85 bits per heavy atom. The van der Waals surface area contributed by atoms with Crippen LogP contribution in [0.25, 0.3) is 11.3 Å². The van der Waals surface area contributed by atoms with Gasteiger partial charge in [0.2, 0.25) is 0 Å². The third-order valence-electron chi connectivity index (χ3n) is 1.55. The molecule has 1 aromatic carbocycles. The Labute approximate surface area is 96.2 Å². The molecule has 0 aliphatic heterocycles. The van der Waals surface area contributed by atoms with Crippen LogP contribution in [0.2, 0.25) is 4.47 Å². The summed E-state index contributed by atoms with van der Waals surface area (Å²) < 4.78 is 0.592. The second kappa shape index (κ2) is 4.74. The number of hydrogen-bond donors (Lipinski definition) is 0. The van der Waals surface area contributed by atoms with Gasteiger partial charge in [0.05, 0.1) is 5.69 Å². The second-order valence-corrected chi connectivity index (χ2v) is 3.79. The van der Waals surface area contributed by atoms with E-state index in [0.717, 1.165) is 11.3 Å². The molecule has 0 N–H and O–H groups in total. The zero-order chi connectivity index (χ0) is 8.39. The fraction of sp³-hybridized carbons (Fsp3) is 0. The lowest BCUT2D eigenvalue weighted by atomic mass is 10.2. The average molecular weight is 277 g/mol. The van der Waals surface area contributed by atoms with Crippen LogP contribution in [0, 0.1) is 0 Å². The normalized spacial score (nSPS) is 9.31. The van der Waals surface area contributed by atoms with Crippen LogP contribution in [0.3, 0.4) is 0 Å². The monoisotopic (exact) mass is 275 g/mol. The first kappa shape index (κ1) is 10.7. The Morgan fingerprint density at radius 1 is 1.15 bits per heavy atom. The number of rotatable bonds is 1. The molecule has 4 heteroatoms. The van der Waals surface area contributed by atoms with Gasteiger partial charge < -0.3 is 0 Å². The highest BCUT2D eigenvalue weighted by atomic mass is 79.9. The van der Waals surface area contributed by atoms with E-state index in [1.54, 1.807) is 0 Å². The second-order valence-electron chi connectivity index (χ2n) is 2.35. The summed E-state index contributed by atoms with van der Waals surface area (Å²) in [7, 11) is 0. The number of thiazole rings is 1. The van der Waals surface area contributed by atoms with Crippen LogP contribution in [-0.2, 0) is 0 Å². The summed E-state index contributed by atoms with van der Waals surface area (Å²) in [6.45, 7) is 0. The lowest BCUT2D eigenvalue weighted by molar-refractivity contribution is 1.41. The van der Waals surface area contributed by atoms with Gasteiger partial charge in [-0.15, -0.1) is 28.3 Å². The van der Waals surface area contributed by atoms with Crippen LogP contribution in [-0.4, -0.2) is 4.98 Å². The molecule has 1 aromatic heterocycles. The molecule has 68 valence electrons. The van der Waals surface area contributed by atoms with Crippen LogP contribution in [0.4, 0.5) is 0 Å². The van der Waals surface area contributed by atoms with Gasteiger partial charge in [-0.3, -0.25) is 0 Å². The Kier molecular flexibility index (Phi) is 3.90. The maximum absolute atomic E-state index is 5.72. The van der Waals surface area contributed by atoms with E-state index in [2.05, 4.69) is 4.98 Å². The van der Waals surface area contributed by atoms with E-state index >= 15 is 0 Å². The van der Waals surface area contributed by atoms with Crippen molar-refractivity contribution in [3.05, 3.63) is 40.2 Å². The summed E-state index contributed by atoms with van der Waals surface area (Å²) in [5, 5.41) is 1.96.